The third kappa shape index (κ3) is 4.39. The average Bonchev–Trinajstić information content (AvgIpc) is 3.05. The average molecular weight is 349 g/mol. The highest BCUT2D eigenvalue weighted by atomic mass is 16.7. The van der Waals surface area contributed by atoms with Gasteiger partial charge in [0, 0.05) is 25.1 Å². The first-order chi connectivity index (χ1) is 12.2. The second kappa shape index (κ2) is 8.76. The number of carbonyl (C=O) groups excluding carboxylic acids is 1. The molecule has 0 saturated carbocycles. The van der Waals surface area contributed by atoms with Gasteiger partial charge in [-0.05, 0) is 24.8 Å². The van der Waals surface area contributed by atoms with Gasteiger partial charge < -0.3 is 14.6 Å². The number of benzene rings is 1. The molecule has 138 valence electrons. The Labute approximate surface area is 148 Å². The standard InChI is InChI=1S/C19H27NO5/c1-23-19(22)18-17(15-9-5-6-11-20(15)25-18)16(21)10-12-24-13-14-7-3-2-4-8-14/h2-4,7-8,15-18,21H,5-6,9-13H2,1H3/t15-,16+,17+,18-/m1/s1. The predicted molar refractivity (Wildman–Crippen MR) is 91.4 cm³/mol. The van der Waals surface area contributed by atoms with Gasteiger partial charge in [-0.2, -0.15) is 5.06 Å². The number of aliphatic hydroxyl groups excluding tert-OH is 1. The Hall–Kier alpha value is -1.47. The zero-order valence-corrected chi connectivity index (χ0v) is 14.7. The molecule has 4 atom stereocenters. The highest BCUT2D eigenvalue weighted by Crippen LogP contribution is 2.37. The van der Waals surface area contributed by atoms with Crippen LogP contribution < -0.4 is 0 Å². The summed E-state index contributed by atoms with van der Waals surface area (Å²) in [5.41, 5.74) is 1.10. The molecule has 1 aromatic carbocycles. The normalized spacial score (nSPS) is 27.7. The molecular weight excluding hydrogens is 322 g/mol. The van der Waals surface area contributed by atoms with Crippen molar-refractivity contribution >= 4 is 5.97 Å². The zero-order chi connectivity index (χ0) is 17.6. The molecule has 0 unspecified atom stereocenters. The number of piperidine rings is 1. The monoisotopic (exact) mass is 349 g/mol. The topological polar surface area (TPSA) is 68.2 Å². The molecule has 6 heteroatoms. The summed E-state index contributed by atoms with van der Waals surface area (Å²) in [5, 5.41) is 12.6. The van der Waals surface area contributed by atoms with Crippen molar-refractivity contribution in [1.82, 2.24) is 5.06 Å². The molecule has 2 fully saturated rings. The van der Waals surface area contributed by atoms with Crippen molar-refractivity contribution < 1.29 is 24.2 Å². The summed E-state index contributed by atoms with van der Waals surface area (Å²) in [4.78, 5) is 17.9. The van der Waals surface area contributed by atoms with E-state index in [9.17, 15) is 9.90 Å². The number of esters is 1. The fraction of sp³-hybridized carbons (Fsp3) is 0.632. The Balaban J connectivity index is 1.54. The minimum atomic E-state index is -0.725. The number of carbonyl (C=O) groups is 1. The van der Waals surface area contributed by atoms with Crippen molar-refractivity contribution in [3.8, 4) is 0 Å². The molecule has 2 aliphatic heterocycles. The van der Waals surface area contributed by atoms with Gasteiger partial charge >= 0.3 is 5.97 Å². The molecule has 0 aromatic heterocycles. The van der Waals surface area contributed by atoms with E-state index in [1.54, 1.807) is 0 Å². The smallest absolute Gasteiger partial charge is 0.337 e. The SMILES string of the molecule is COC(=O)[C@@H]1ON2CCCC[C@@H]2[C@H]1[C@@H](O)CCOCc1ccccc1. The molecular formula is C19H27NO5. The second-order valence-corrected chi connectivity index (χ2v) is 6.72. The number of hydroxylamine groups is 2. The first-order valence-corrected chi connectivity index (χ1v) is 9.01. The van der Waals surface area contributed by atoms with Crippen LogP contribution in [0.2, 0.25) is 0 Å². The summed E-state index contributed by atoms with van der Waals surface area (Å²) >= 11 is 0. The minimum absolute atomic E-state index is 0.0713. The van der Waals surface area contributed by atoms with E-state index in [4.69, 9.17) is 14.3 Å². The lowest BCUT2D eigenvalue weighted by Gasteiger charge is -2.31. The highest BCUT2D eigenvalue weighted by Gasteiger charge is 2.50. The van der Waals surface area contributed by atoms with Crippen LogP contribution in [-0.2, 0) is 25.7 Å². The Morgan fingerprint density at radius 1 is 1.36 bits per heavy atom. The van der Waals surface area contributed by atoms with Gasteiger partial charge in [0.2, 0.25) is 0 Å². The molecule has 25 heavy (non-hydrogen) atoms. The molecule has 1 N–H and O–H groups in total. The minimum Gasteiger partial charge on any atom is -0.467 e. The van der Waals surface area contributed by atoms with Crippen LogP contribution in [-0.4, -0.2) is 54.7 Å². The van der Waals surface area contributed by atoms with Crippen molar-refractivity contribution in [1.29, 1.82) is 0 Å². The van der Waals surface area contributed by atoms with E-state index in [0.29, 0.717) is 19.6 Å². The number of aliphatic hydroxyl groups is 1. The lowest BCUT2D eigenvalue weighted by molar-refractivity contribution is -0.192. The fourth-order valence-corrected chi connectivity index (χ4v) is 3.80. The maximum absolute atomic E-state index is 12.1. The molecule has 2 heterocycles. The van der Waals surface area contributed by atoms with Crippen LogP contribution in [0.25, 0.3) is 0 Å². The van der Waals surface area contributed by atoms with E-state index in [1.807, 2.05) is 35.4 Å². The first kappa shape index (κ1) is 18.3. The predicted octanol–water partition coefficient (Wildman–Crippen LogP) is 1.91. The number of hydrogen-bond acceptors (Lipinski definition) is 6. The van der Waals surface area contributed by atoms with E-state index < -0.39 is 18.2 Å². The third-order valence-electron chi connectivity index (χ3n) is 5.09. The Morgan fingerprint density at radius 2 is 2.16 bits per heavy atom. The molecule has 0 spiro atoms. The summed E-state index contributed by atoms with van der Waals surface area (Å²) in [5.74, 6) is -0.684. The van der Waals surface area contributed by atoms with Gasteiger partial charge in [-0.1, -0.05) is 36.8 Å². The van der Waals surface area contributed by atoms with Crippen LogP contribution in [0.15, 0.2) is 30.3 Å². The van der Waals surface area contributed by atoms with E-state index in [1.165, 1.54) is 7.11 Å². The van der Waals surface area contributed by atoms with Gasteiger partial charge in [-0.25, -0.2) is 4.79 Å². The number of fused-ring (bicyclic) bond motifs is 1. The van der Waals surface area contributed by atoms with Crippen molar-refractivity contribution in [3.63, 3.8) is 0 Å². The third-order valence-corrected chi connectivity index (χ3v) is 5.09. The maximum atomic E-state index is 12.1. The Bertz CT molecular complexity index is 552. The van der Waals surface area contributed by atoms with Crippen LogP contribution in [0.3, 0.4) is 0 Å². The van der Waals surface area contributed by atoms with Gasteiger partial charge in [-0.3, -0.25) is 4.84 Å². The molecule has 2 saturated heterocycles. The number of rotatable bonds is 7. The number of methoxy groups -OCH3 is 1. The van der Waals surface area contributed by atoms with E-state index in [-0.39, 0.29) is 12.0 Å². The van der Waals surface area contributed by atoms with Gasteiger partial charge in [0.05, 0.1) is 19.8 Å². The van der Waals surface area contributed by atoms with Crippen LogP contribution in [0.4, 0.5) is 0 Å². The molecule has 0 aliphatic carbocycles. The lowest BCUT2D eigenvalue weighted by Crippen LogP contribution is -2.43. The summed E-state index contributed by atoms with van der Waals surface area (Å²) in [6.45, 7) is 1.75. The summed E-state index contributed by atoms with van der Waals surface area (Å²) < 4.78 is 10.5. The maximum Gasteiger partial charge on any atom is 0.337 e. The van der Waals surface area contributed by atoms with Gasteiger partial charge in [0.25, 0.3) is 0 Å². The quantitative estimate of drug-likeness (QED) is 0.599. The molecule has 1 aromatic rings. The van der Waals surface area contributed by atoms with E-state index in [0.717, 1.165) is 31.4 Å². The summed E-state index contributed by atoms with van der Waals surface area (Å²) in [7, 11) is 1.36. The number of ether oxygens (including phenoxy) is 2. The molecule has 3 rings (SSSR count). The van der Waals surface area contributed by atoms with Crippen molar-refractivity contribution in [2.45, 2.75) is 50.5 Å². The largest absolute Gasteiger partial charge is 0.467 e. The van der Waals surface area contributed by atoms with Crippen molar-refractivity contribution in [3.05, 3.63) is 35.9 Å². The summed E-state index contributed by atoms with van der Waals surface area (Å²) in [6, 6.07) is 10.0. The first-order valence-electron chi connectivity index (χ1n) is 9.01. The molecule has 0 radical (unpaired) electrons. The van der Waals surface area contributed by atoms with Crippen molar-refractivity contribution in [2.24, 2.45) is 5.92 Å². The van der Waals surface area contributed by atoms with Gasteiger partial charge in [0.1, 0.15) is 0 Å². The highest BCUT2D eigenvalue weighted by molar-refractivity contribution is 5.75. The molecule has 0 bridgehead atoms. The molecule has 6 nitrogen and oxygen atoms in total. The Morgan fingerprint density at radius 3 is 2.92 bits per heavy atom. The van der Waals surface area contributed by atoms with Crippen molar-refractivity contribution in [2.75, 3.05) is 20.3 Å². The Kier molecular flexibility index (Phi) is 6.42. The second-order valence-electron chi connectivity index (χ2n) is 6.72. The molecule has 2 aliphatic rings. The van der Waals surface area contributed by atoms with Crippen LogP contribution >= 0.6 is 0 Å². The van der Waals surface area contributed by atoms with E-state index in [2.05, 4.69) is 0 Å². The summed E-state index contributed by atoms with van der Waals surface area (Å²) in [6.07, 6.45) is 2.16. The molecule has 0 amide bonds. The van der Waals surface area contributed by atoms with E-state index >= 15 is 0 Å². The lowest BCUT2D eigenvalue weighted by atomic mass is 9.84. The van der Waals surface area contributed by atoms with Crippen LogP contribution in [0.1, 0.15) is 31.2 Å². The fourth-order valence-electron chi connectivity index (χ4n) is 3.80. The van der Waals surface area contributed by atoms with Crippen LogP contribution in [0, 0.1) is 5.92 Å². The van der Waals surface area contributed by atoms with Gasteiger partial charge in [-0.15, -0.1) is 0 Å². The number of nitrogens with zero attached hydrogens (tertiary/aromatic N) is 1. The van der Waals surface area contributed by atoms with Crippen LogP contribution in [0.5, 0.6) is 0 Å². The van der Waals surface area contributed by atoms with Gasteiger partial charge in [0.15, 0.2) is 6.10 Å². The number of hydrogen-bond donors (Lipinski definition) is 1. The zero-order valence-electron chi connectivity index (χ0n) is 14.7.